The maximum Gasteiger partial charge on any atom is -0.0292 e. The summed E-state index contributed by atoms with van der Waals surface area (Å²) in [6, 6.07) is 0. The minimum Gasteiger partial charge on any atom is -0.0772 e. The van der Waals surface area contributed by atoms with E-state index < -0.39 is 0 Å². The highest BCUT2D eigenvalue weighted by molar-refractivity contribution is 5.13. The Hall–Kier alpha value is -0.260. The minimum atomic E-state index is 0.954. The molecule has 0 amide bonds. The maximum absolute atomic E-state index is 2.34. The van der Waals surface area contributed by atoms with E-state index in [1.165, 1.54) is 19.3 Å². The molecule has 1 rings (SSSR count). The maximum atomic E-state index is 2.34. The summed E-state index contributed by atoms with van der Waals surface area (Å²) in [4.78, 5) is 0. The normalized spacial score (nSPS) is 22.6. The summed E-state index contributed by atoms with van der Waals surface area (Å²) in [5.74, 6) is 0.954. The first-order chi connectivity index (χ1) is 5.20. The Bertz CT molecular complexity index is 127. The second-order valence-corrected chi connectivity index (χ2v) is 3.45. The van der Waals surface area contributed by atoms with Crippen molar-refractivity contribution in [1.29, 1.82) is 0 Å². The van der Waals surface area contributed by atoms with Crippen LogP contribution < -0.4 is 0 Å². The van der Waals surface area contributed by atoms with Gasteiger partial charge in [-0.05, 0) is 39.0 Å². The molecular weight excluding hydrogens is 132 g/mol. The van der Waals surface area contributed by atoms with Crippen molar-refractivity contribution in [2.75, 3.05) is 0 Å². The largest absolute Gasteiger partial charge is 0.0772 e. The molecule has 0 spiro atoms. The molecule has 0 nitrogen and oxygen atoms in total. The SMILES string of the molecule is CC.CC(C)=C1CCC(C)C1. The van der Waals surface area contributed by atoms with Crippen molar-refractivity contribution >= 4 is 0 Å². The zero-order chi connectivity index (χ0) is 8.85. The van der Waals surface area contributed by atoms with Crippen LogP contribution in [0.25, 0.3) is 0 Å². The van der Waals surface area contributed by atoms with Gasteiger partial charge in [-0.2, -0.15) is 0 Å². The predicted octanol–water partition coefficient (Wildman–Crippen LogP) is 4.17. The van der Waals surface area contributed by atoms with E-state index in [1.807, 2.05) is 13.8 Å². The molecule has 0 aromatic heterocycles. The first-order valence-corrected chi connectivity index (χ1v) is 4.85. The molecule has 0 heteroatoms. The Kier molecular flexibility index (Phi) is 5.27. The molecule has 1 aliphatic carbocycles. The highest BCUT2D eigenvalue weighted by atomic mass is 14.2. The molecule has 0 heterocycles. The summed E-state index contributed by atoms with van der Waals surface area (Å²) < 4.78 is 0. The van der Waals surface area contributed by atoms with E-state index in [-0.39, 0.29) is 0 Å². The van der Waals surface area contributed by atoms with Crippen LogP contribution in [0, 0.1) is 5.92 Å². The monoisotopic (exact) mass is 154 g/mol. The van der Waals surface area contributed by atoms with Crippen molar-refractivity contribution < 1.29 is 0 Å². The fourth-order valence-corrected chi connectivity index (χ4v) is 1.50. The molecule has 0 aromatic rings. The van der Waals surface area contributed by atoms with E-state index in [1.54, 1.807) is 11.1 Å². The van der Waals surface area contributed by atoms with Gasteiger partial charge in [0.15, 0.2) is 0 Å². The first-order valence-electron chi connectivity index (χ1n) is 4.85. The van der Waals surface area contributed by atoms with Crippen molar-refractivity contribution in [3.63, 3.8) is 0 Å². The number of hydrogen-bond donors (Lipinski definition) is 0. The Labute approximate surface area is 71.7 Å². The van der Waals surface area contributed by atoms with Crippen LogP contribution in [0.1, 0.15) is 53.9 Å². The third-order valence-electron chi connectivity index (χ3n) is 2.24. The van der Waals surface area contributed by atoms with Crippen LogP contribution in [0.15, 0.2) is 11.1 Å². The lowest BCUT2D eigenvalue weighted by Crippen LogP contribution is -1.81. The molecule has 11 heavy (non-hydrogen) atoms. The summed E-state index contributed by atoms with van der Waals surface area (Å²) in [7, 11) is 0. The van der Waals surface area contributed by atoms with Crippen LogP contribution in [0.5, 0.6) is 0 Å². The summed E-state index contributed by atoms with van der Waals surface area (Å²) in [6.07, 6.45) is 4.15. The highest BCUT2D eigenvalue weighted by Crippen LogP contribution is 2.31. The van der Waals surface area contributed by atoms with Crippen molar-refractivity contribution in [2.24, 2.45) is 5.92 Å². The fraction of sp³-hybridized carbons (Fsp3) is 0.818. The van der Waals surface area contributed by atoms with Gasteiger partial charge in [0.25, 0.3) is 0 Å². The van der Waals surface area contributed by atoms with Gasteiger partial charge in [0, 0.05) is 0 Å². The molecule has 66 valence electrons. The van der Waals surface area contributed by atoms with Gasteiger partial charge in [-0.3, -0.25) is 0 Å². The molecule has 1 fully saturated rings. The molecule has 1 atom stereocenters. The molecule has 0 aromatic carbocycles. The van der Waals surface area contributed by atoms with Gasteiger partial charge in [-0.25, -0.2) is 0 Å². The van der Waals surface area contributed by atoms with Gasteiger partial charge in [0.2, 0.25) is 0 Å². The van der Waals surface area contributed by atoms with Gasteiger partial charge in [-0.1, -0.05) is 31.9 Å². The lowest BCUT2D eigenvalue weighted by atomic mass is 10.1. The zero-order valence-electron chi connectivity index (χ0n) is 8.70. The molecule has 1 aliphatic rings. The van der Waals surface area contributed by atoms with E-state index in [4.69, 9.17) is 0 Å². The second kappa shape index (κ2) is 5.40. The highest BCUT2D eigenvalue weighted by Gasteiger charge is 2.14. The molecular formula is C11H22. The third kappa shape index (κ3) is 3.60. The van der Waals surface area contributed by atoms with Crippen LogP contribution in [0.4, 0.5) is 0 Å². The van der Waals surface area contributed by atoms with E-state index in [9.17, 15) is 0 Å². The molecule has 1 saturated carbocycles. The van der Waals surface area contributed by atoms with Crippen molar-refractivity contribution in [1.82, 2.24) is 0 Å². The van der Waals surface area contributed by atoms with E-state index in [0.717, 1.165) is 5.92 Å². The topological polar surface area (TPSA) is 0 Å². The molecule has 0 radical (unpaired) electrons. The van der Waals surface area contributed by atoms with Crippen LogP contribution in [-0.2, 0) is 0 Å². The number of hydrogen-bond acceptors (Lipinski definition) is 0. The Balaban J connectivity index is 0.000000461. The standard InChI is InChI=1S/C9H16.C2H6/c1-7(2)9-5-4-8(3)6-9;1-2/h8H,4-6H2,1-3H3;1-2H3. The van der Waals surface area contributed by atoms with E-state index in [0.29, 0.717) is 0 Å². The fourth-order valence-electron chi connectivity index (χ4n) is 1.50. The van der Waals surface area contributed by atoms with Crippen molar-refractivity contribution in [3.8, 4) is 0 Å². The molecule has 1 unspecified atom stereocenters. The second-order valence-electron chi connectivity index (χ2n) is 3.45. The van der Waals surface area contributed by atoms with Crippen LogP contribution in [0.2, 0.25) is 0 Å². The first kappa shape index (κ1) is 10.7. The van der Waals surface area contributed by atoms with Gasteiger partial charge in [0.1, 0.15) is 0 Å². The molecule has 0 bridgehead atoms. The quantitative estimate of drug-likeness (QED) is 0.459. The number of allylic oxidation sites excluding steroid dienone is 2. The van der Waals surface area contributed by atoms with E-state index >= 15 is 0 Å². The average molecular weight is 154 g/mol. The predicted molar refractivity (Wildman–Crippen MR) is 52.7 cm³/mol. The Morgan fingerprint density at radius 1 is 1.27 bits per heavy atom. The Morgan fingerprint density at radius 3 is 2.00 bits per heavy atom. The lowest BCUT2D eigenvalue weighted by molar-refractivity contribution is 0.620. The molecule has 0 saturated heterocycles. The van der Waals surface area contributed by atoms with Gasteiger partial charge < -0.3 is 0 Å². The van der Waals surface area contributed by atoms with Crippen LogP contribution in [0.3, 0.4) is 0 Å². The number of rotatable bonds is 0. The van der Waals surface area contributed by atoms with Crippen LogP contribution in [-0.4, -0.2) is 0 Å². The third-order valence-corrected chi connectivity index (χ3v) is 2.24. The smallest absolute Gasteiger partial charge is 0.0292 e. The summed E-state index contributed by atoms with van der Waals surface area (Å²) in [5, 5.41) is 0. The molecule has 0 aliphatic heterocycles. The lowest BCUT2D eigenvalue weighted by Gasteiger charge is -1.98. The Morgan fingerprint density at radius 2 is 1.82 bits per heavy atom. The summed E-state index contributed by atoms with van der Waals surface area (Å²) in [5.41, 5.74) is 3.27. The average Bonchev–Trinajstić information content (AvgIpc) is 2.40. The van der Waals surface area contributed by atoms with Gasteiger partial charge >= 0.3 is 0 Å². The minimum absolute atomic E-state index is 0.954. The van der Waals surface area contributed by atoms with Crippen molar-refractivity contribution in [2.45, 2.75) is 53.9 Å². The van der Waals surface area contributed by atoms with E-state index in [2.05, 4.69) is 20.8 Å². The summed E-state index contributed by atoms with van der Waals surface area (Å²) >= 11 is 0. The summed E-state index contributed by atoms with van der Waals surface area (Å²) in [6.45, 7) is 10.8. The van der Waals surface area contributed by atoms with Crippen molar-refractivity contribution in [3.05, 3.63) is 11.1 Å². The van der Waals surface area contributed by atoms with Crippen LogP contribution >= 0.6 is 0 Å². The zero-order valence-corrected chi connectivity index (χ0v) is 8.70. The van der Waals surface area contributed by atoms with Gasteiger partial charge in [0.05, 0.1) is 0 Å². The van der Waals surface area contributed by atoms with Gasteiger partial charge in [-0.15, -0.1) is 0 Å². The molecule has 0 N–H and O–H groups in total.